The maximum atomic E-state index is 13.0. The summed E-state index contributed by atoms with van der Waals surface area (Å²) in [6, 6.07) is 10.2. The van der Waals surface area contributed by atoms with E-state index >= 15 is 0 Å². The Bertz CT molecular complexity index is 648. The minimum atomic E-state index is -0.160. The zero-order valence-electron chi connectivity index (χ0n) is 16.4. The predicted octanol–water partition coefficient (Wildman–Crippen LogP) is 5.08. The Labute approximate surface area is 163 Å². The van der Waals surface area contributed by atoms with Crippen LogP contribution < -0.4 is 0 Å². The van der Waals surface area contributed by atoms with E-state index in [2.05, 4.69) is 29.2 Å². The average Bonchev–Trinajstić information content (AvgIpc) is 3.35. The maximum absolute atomic E-state index is 13.0. The van der Waals surface area contributed by atoms with E-state index in [0.717, 1.165) is 24.9 Å². The van der Waals surface area contributed by atoms with Crippen LogP contribution in [0.3, 0.4) is 0 Å². The maximum Gasteiger partial charge on any atom is 0.314 e. The van der Waals surface area contributed by atoms with E-state index in [1.807, 2.05) is 18.2 Å². The zero-order chi connectivity index (χ0) is 18.5. The molecule has 1 aromatic rings. The van der Waals surface area contributed by atoms with Crippen LogP contribution in [0.15, 0.2) is 42.5 Å². The Morgan fingerprint density at radius 3 is 2.63 bits per heavy atom. The molecule has 0 radical (unpaired) electrons. The van der Waals surface area contributed by atoms with Gasteiger partial charge in [-0.2, -0.15) is 0 Å². The normalized spacial score (nSPS) is 25.7. The van der Waals surface area contributed by atoms with Crippen molar-refractivity contribution in [2.45, 2.75) is 69.2 Å². The molecule has 1 heterocycles. The van der Waals surface area contributed by atoms with Gasteiger partial charge in [-0.1, -0.05) is 61.7 Å². The van der Waals surface area contributed by atoms with Crippen molar-refractivity contribution in [1.29, 1.82) is 0 Å². The summed E-state index contributed by atoms with van der Waals surface area (Å²) in [5.41, 5.74) is 1.50. The number of ether oxygens (including phenoxy) is 1. The number of nitrogens with zero attached hydrogens (tertiary/aromatic N) is 1. The van der Waals surface area contributed by atoms with E-state index in [1.165, 1.54) is 51.5 Å². The molecule has 2 fully saturated rings. The Kier molecular flexibility index (Phi) is 5.97. The summed E-state index contributed by atoms with van der Waals surface area (Å²) >= 11 is 0. The molecule has 1 aliphatic heterocycles. The molecular weight excluding hydrogens is 334 g/mol. The van der Waals surface area contributed by atoms with E-state index in [1.54, 1.807) is 0 Å². The van der Waals surface area contributed by atoms with Crippen LogP contribution >= 0.6 is 0 Å². The van der Waals surface area contributed by atoms with Crippen molar-refractivity contribution in [2.75, 3.05) is 19.7 Å². The second-order valence-corrected chi connectivity index (χ2v) is 8.60. The van der Waals surface area contributed by atoms with Gasteiger partial charge in [0.15, 0.2) is 0 Å². The smallest absolute Gasteiger partial charge is 0.314 e. The molecule has 27 heavy (non-hydrogen) atoms. The molecule has 1 spiro atoms. The molecule has 0 unspecified atom stereocenters. The molecule has 2 aliphatic carbocycles. The Morgan fingerprint density at radius 1 is 1.11 bits per heavy atom. The molecule has 1 saturated carbocycles. The lowest BCUT2D eigenvalue weighted by atomic mass is 9.80. The Hall–Kier alpha value is -1.61. The van der Waals surface area contributed by atoms with Gasteiger partial charge in [0.25, 0.3) is 0 Å². The number of benzene rings is 1. The molecule has 3 aliphatic rings. The monoisotopic (exact) mass is 367 g/mol. The highest BCUT2D eigenvalue weighted by Crippen LogP contribution is 2.41. The van der Waals surface area contributed by atoms with Crippen LogP contribution in [0.1, 0.15) is 69.3 Å². The summed E-state index contributed by atoms with van der Waals surface area (Å²) < 4.78 is 5.85. The number of esters is 1. The van der Waals surface area contributed by atoms with Gasteiger partial charge in [-0.25, -0.2) is 0 Å². The fourth-order valence-corrected chi connectivity index (χ4v) is 5.62. The Morgan fingerprint density at radius 2 is 1.89 bits per heavy atom. The fraction of sp³-hybridized carbons (Fsp3) is 0.625. The fourth-order valence-electron chi connectivity index (χ4n) is 5.62. The lowest BCUT2D eigenvalue weighted by molar-refractivity contribution is -0.147. The SMILES string of the molecule is O=C(OCCN1CCCC12CCCCC2)[C@H](c1ccccc1)[C@H]1C=CCC1. The van der Waals surface area contributed by atoms with Crippen molar-refractivity contribution in [1.82, 2.24) is 4.90 Å². The number of hydrogen-bond acceptors (Lipinski definition) is 3. The molecule has 3 heteroatoms. The zero-order valence-corrected chi connectivity index (χ0v) is 16.4. The van der Waals surface area contributed by atoms with Gasteiger partial charge in [-0.05, 0) is 56.6 Å². The van der Waals surface area contributed by atoms with E-state index in [4.69, 9.17) is 4.74 Å². The molecule has 2 atom stereocenters. The van der Waals surface area contributed by atoms with Crippen molar-refractivity contribution >= 4 is 5.97 Å². The van der Waals surface area contributed by atoms with Gasteiger partial charge in [0.05, 0.1) is 5.92 Å². The first-order chi connectivity index (χ1) is 13.3. The number of carbonyl (C=O) groups excluding carboxylic acids is 1. The van der Waals surface area contributed by atoms with Crippen LogP contribution in [0.5, 0.6) is 0 Å². The van der Waals surface area contributed by atoms with Gasteiger partial charge in [-0.3, -0.25) is 9.69 Å². The number of carbonyl (C=O) groups is 1. The second kappa shape index (κ2) is 8.60. The molecule has 1 saturated heterocycles. The highest BCUT2D eigenvalue weighted by Gasteiger charge is 2.41. The second-order valence-electron chi connectivity index (χ2n) is 8.60. The molecule has 0 amide bonds. The van der Waals surface area contributed by atoms with Crippen molar-refractivity contribution in [3.05, 3.63) is 48.0 Å². The first-order valence-electron chi connectivity index (χ1n) is 10.9. The van der Waals surface area contributed by atoms with E-state index in [0.29, 0.717) is 12.1 Å². The van der Waals surface area contributed by atoms with E-state index in [-0.39, 0.29) is 17.8 Å². The van der Waals surface area contributed by atoms with Crippen molar-refractivity contribution < 1.29 is 9.53 Å². The van der Waals surface area contributed by atoms with Gasteiger partial charge in [0.1, 0.15) is 6.61 Å². The lowest BCUT2D eigenvalue weighted by Gasteiger charge is -2.41. The van der Waals surface area contributed by atoms with Gasteiger partial charge < -0.3 is 4.74 Å². The van der Waals surface area contributed by atoms with Crippen LogP contribution in [0.4, 0.5) is 0 Å². The number of rotatable bonds is 6. The summed E-state index contributed by atoms with van der Waals surface area (Å²) in [4.78, 5) is 15.6. The van der Waals surface area contributed by atoms with Gasteiger partial charge in [0.2, 0.25) is 0 Å². The summed E-state index contributed by atoms with van der Waals surface area (Å²) in [5, 5.41) is 0. The predicted molar refractivity (Wildman–Crippen MR) is 109 cm³/mol. The third-order valence-corrected chi connectivity index (χ3v) is 7.02. The molecule has 0 bridgehead atoms. The highest BCUT2D eigenvalue weighted by molar-refractivity contribution is 5.79. The Balaban J connectivity index is 1.36. The van der Waals surface area contributed by atoms with Crippen LogP contribution in [-0.4, -0.2) is 36.1 Å². The summed E-state index contributed by atoms with van der Waals surface area (Å²) in [7, 11) is 0. The highest BCUT2D eigenvalue weighted by atomic mass is 16.5. The lowest BCUT2D eigenvalue weighted by Crippen LogP contribution is -2.46. The first-order valence-corrected chi connectivity index (χ1v) is 10.9. The van der Waals surface area contributed by atoms with Crippen molar-refractivity contribution in [3.63, 3.8) is 0 Å². The summed E-state index contributed by atoms with van der Waals surface area (Å²) in [6.07, 6.45) is 15.9. The minimum Gasteiger partial charge on any atom is -0.464 e. The number of hydrogen-bond donors (Lipinski definition) is 0. The summed E-state index contributed by atoms with van der Waals surface area (Å²) in [5.74, 6) is 0.0678. The first kappa shape index (κ1) is 18.7. The third kappa shape index (κ3) is 4.13. The molecule has 3 nitrogen and oxygen atoms in total. The van der Waals surface area contributed by atoms with Crippen LogP contribution in [0.25, 0.3) is 0 Å². The number of allylic oxidation sites excluding steroid dienone is 2. The molecule has 1 aromatic carbocycles. The van der Waals surface area contributed by atoms with Gasteiger partial charge in [0, 0.05) is 12.1 Å². The van der Waals surface area contributed by atoms with Crippen molar-refractivity contribution in [2.24, 2.45) is 5.92 Å². The molecule has 146 valence electrons. The van der Waals surface area contributed by atoms with Crippen LogP contribution in [-0.2, 0) is 9.53 Å². The van der Waals surface area contributed by atoms with Crippen molar-refractivity contribution in [3.8, 4) is 0 Å². The molecule has 0 aromatic heterocycles. The van der Waals surface area contributed by atoms with E-state index < -0.39 is 0 Å². The molecule has 0 N–H and O–H groups in total. The van der Waals surface area contributed by atoms with Crippen LogP contribution in [0, 0.1) is 5.92 Å². The summed E-state index contributed by atoms with van der Waals surface area (Å²) in [6.45, 7) is 2.60. The molecule has 4 rings (SSSR count). The topological polar surface area (TPSA) is 29.5 Å². The van der Waals surface area contributed by atoms with Gasteiger partial charge in [-0.15, -0.1) is 0 Å². The quantitative estimate of drug-likeness (QED) is 0.519. The third-order valence-electron chi connectivity index (χ3n) is 7.02. The average molecular weight is 368 g/mol. The standard InChI is InChI=1S/C24H33NO2/c26-23(22(21-12-5-6-13-21)20-10-3-1-4-11-20)27-19-18-25-17-9-16-24(25)14-7-2-8-15-24/h1,3-5,10-12,21-22H,2,6-9,13-19H2/t21-,22+/m0/s1. The number of likely N-dealkylation sites (tertiary alicyclic amines) is 1. The van der Waals surface area contributed by atoms with E-state index in [9.17, 15) is 4.79 Å². The van der Waals surface area contributed by atoms with Crippen LogP contribution in [0.2, 0.25) is 0 Å². The van der Waals surface area contributed by atoms with Gasteiger partial charge >= 0.3 is 5.97 Å². The molecular formula is C24H33NO2. The minimum absolute atomic E-state index is 0.0466. The largest absolute Gasteiger partial charge is 0.464 e.